The average Bonchev–Trinajstić information content (AvgIpc) is 3.23. The molecule has 180 valence electrons. The summed E-state index contributed by atoms with van der Waals surface area (Å²) < 4.78 is 7.18. The molecule has 1 heterocycles. The van der Waals surface area contributed by atoms with Crippen molar-refractivity contribution < 1.29 is 14.6 Å². The molecule has 6 heteroatoms. The van der Waals surface area contributed by atoms with Gasteiger partial charge in [-0.3, -0.25) is 0 Å². The van der Waals surface area contributed by atoms with Crippen molar-refractivity contribution in [1.82, 2.24) is 9.55 Å². The van der Waals surface area contributed by atoms with Crippen LogP contribution >= 0.6 is 11.8 Å². The first-order chi connectivity index (χ1) is 17.1. The van der Waals surface area contributed by atoms with Crippen molar-refractivity contribution >= 4 is 17.7 Å². The number of benzene rings is 3. The zero-order valence-corrected chi connectivity index (χ0v) is 20.9. The minimum absolute atomic E-state index is 0.0927. The number of aromatic nitrogens is 2. The Kier molecular flexibility index (Phi) is 8.40. The Hall–Kier alpha value is -3.35. The summed E-state index contributed by atoms with van der Waals surface area (Å²) in [5, 5.41) is 11.0. The Bertz CT molecular complexity index is 1270. The smallest absolute Gasteiger partial charge is 0.338 e. The molecule has 0 amide bonds. The first-order valence-electron chi connectivity index (χ1n) is 11.8. The third-order valence-corrected chi connectivity index (χ3v) is 7.02. The van der Waals surface area contributed by atoms with Gasteiger partial charge in [-0.2, -0.15) is 0 Å². The number of aliphatic hydroxyl groups is 1. The maximum Gasteiger partial charge on any atom is 0.338 e. The molecule has 1 aromatic heterocycles. The number of ether oxygens (including phenoxy) is 1. The summed E-state index contributed by atoms with van der Waals surface area (Å²) >= 11 is 1.64. The first kappa shape index (κ1) is 24.8. The molecule has 0 spiro atoms. The lowest BCUT2D eigenvalue weighted by Gasteiger charge is -2.14. The van der Waals surface area contributed by atoms with Crippen molar-refractivity contribution in [2.75, 3.05) is 7.11 Å². The van der Waals surface area contributed by atoms with E-state index in [-0.39, 0.29) is 12.6 Å². The van der Waals surface area contributed by atoms with Crippen LogP contribution in [-0.4, -0.2) is 27.7 Å². The molecule has 0 fully saturated rings. The normalized spacial score (nSPS) is 10.9. The van der Waals surface area contributed by atoms with Crippen LogP contribution < -0.4 is 0 Å². The number of rotatable bonds is 10. The van der Waals surface area contributed by atoms with Crippen LogP contribution in [0.1, 0.15) is 47.2 Å². The van der Waals surface area contributed by atoms with Gasteiger partial charge in [0, 0.05) is 17.9 Å². The molecule has 0 aliphatic rings. The maximum atomic E-state index is 12.2. The van der Waals surface area contributed by atoms with E-state index in [2.05, 4.69) is 35.8 Å². The van der Waals surface area contributed by atoms with Crippen LogP contribution in [0, 0.1) is 0 Å². The van der Waals surface area contributed by atoms with E-state index >= 15 is 0 Å². The number of carbonyl (C=O) groups excluding carboxylic acids is 1. The Morgan fingerprint density at radius 1 is 1.00 bits per heavy atom. The average molecular weight is 487 g/mol. The van der Waals surface area contributed by atoms with E-state index in [9.17, 15) is 9.90 Å². The second-order valence-electron chi connectivity index (χ2n) is 8.28. The Balaban J connectivity index is 1.66. The summed E-state index contributed by atoms with van der Waals surface area (Å²) in [6.45, 7) is 2.73. The summed E-state index contributed by atoms with van der Waals surface area (Å²) in [7, 11) is 1.40. The molecule has 0 saturated heterocycles. The van der Waals surface area contributed by atoms with Gasteiger partial charge in [-0.1, -0.05) is 85.8 Å². The van der Waals surface area contributed by atoms with Crippen molar-refractivity contribution in [3.63, 3.8) is 0 Å². The van der Waals surface area contributed by atoms with Crippen LogP contribution in [-0.2, 0) is 24.3 Å². The summed E-state index contributed by atoms with van der Waals surface area (Å²) in [5.41, 5.74) is 4.20. The highest BCUT2D eigenvalue weighted by Crippen LogP contribution is 2.33. The van der Waals surface area contributed by atoms with Gasteiger partial charge in [-0.05, 0) is 41.3 Å². The molecule has 4 aromatic rings. The molecule has 4 rings (SSSR count). The highest BCUT2D eigenvalue weighted by Gasteiger charge is 2.18. The molecule has 5 nitrogen and oxygen atoms in total. The minimum atomic E-state index is -0.345. The summed E-state index contributed by atoms with van der Waals surface area (Å²) in [6.07, 6.45) is 2.99. The number of imidazole rings is 1. The number of aryl methyl sites for hydroxylation is 1. The number of unbranched alkanes of at least 4 members (excludes halogenated alkanes) is 1. The van der Waals surface area contributed by atoms with E-state index in [1.807, 2.05) is 48.5 Å². The molecule has 0 atom stereocenters. The predicted octanol–water partition coefficient (Wildman–Crippen LogP) is 6.37. The van der Waals surface area contributed by atoms with Crippen molar-refractivity contribution in [3.05, 3.63) is 102 Å². The molecule has 0 unspecified atom stereocenters. The number of esters is 1. The van der Waals surface area contributed by atoms with Crippen molar-refractivity contribution in [3.8, 4) is 11.1 Å². The highest BCUT2D eigenvalue weighted by atomic mass is 32.2. The van der Waals surface area contributed by atoms with E-state index in [0.29, 0.717) is 17.8 Å². The number of hydrogen-bond acceptors (Lipinski definition) is 5. The molecule has 3 aromatic carbocycles. The summed E-state index contributed by atoms with van der Waals surface area (Å²) in [5.74, 6) is 0.650. The van der Waals surface area contributed by atoms with Crippen LogP contribution in [0.25, 0.3) is 11.1 Å². The molecular formula is C29H30N2O3S. The first-order valence-corrected chi connectivity index (χ1v) is 12.6. The Labute approximate surface area is 210 Å². The van der Waals surface area contributed by atoms with Crippen LogP contribution in [0.5, 0.6) is 0 Å². The largest absolute Gasteiger partial charge is 0.465 e. The number of hydrogen-bond donors (Lipinski definition) is 1. The molecule has 0 aliphatic heterocycles. The third-order valence-electron chi connectivity index (χ3n) is 5.87. The van der Waals surface area contributed by atoms with Crippen LogP contribution in [0.15, 0.2) is 88.8 Å². The SMILES string of the molecule is CCCCc1nc(CO)c(Sc2ccccc2)n1Cc1ccc(-c2ccccc2C(=O)OC)cc1. The molecule has 35 heavy (non-hydrogen) atoms. The molecule has 0 radical (unpaired) electrons. The van der Waals surface area contributed by atoms with Gasteiger partial charge in [0.2, 0.25) is 0 Å². The Morgan fingerprint density at radius 3 is 2.40 bits per heavy atom. The topological polar surface area (TPSA) is 64.4 Å². The number of nitrogens with zero attached hydrogens (tertiary/aromatic N) is 2. The van der Waals surface area contributed by atoms with E-state index < -0.39 is 0 Å². The van der Waals surface area contributed by atoms with E-state index in [1.54, 1.807) is 17.8 Å². The second kappa shape index (κ2) is 11.9. The molecule has 0 aliphatic carbocycles. The Morgan fingerprint density at radius 2 is 1.71 bits per heavy atom. The van der Waals surface area contributed by atoms with E-state index in [1.165, 1.54) is 7.11 Å². The highest BCUT2D eigenvalue weighted by molar-refractivity contribution is 7.99. The van der Waals surface area contributed by atoms with E-state index in [4.69, 9.17) is 9.72 Å². The minimum Gasteiger partial charge on any atom is -0.465 e. The zero-order valence-electron chi connectivity index (χ0n) is 20.1. The predicted molar refractivity (Wildman–Crippen MR) is 140 cm³/mol. The van der Waals surface area contributed by atoms with Gasteiger partial charge in [0.15, 0.2) is 0 Å². The fourth-order valence-corrected chi connectivity index (χ4v) is 5.06. The van der Waals surface area contributed by atoms with Crippen LogP contribution in [0.2, 0.25) is 0 Å². The zero-order chi connectivity index (χ0) is 24.6. The second-order valence-corrected chi connectivity index (χ2v) is 9.34. The summed E-state index contributed by atoms with van der Waals surface area (Å²) in [6, 6.07) is 25.9. The van der Waals surface area contributed by atoms with Gasteiger partial charge in [0.1, 0.15) is 10.9 Å². The van der Waals surface area contributed by atoms with Crippen molar-refractivity contribution in [1.29, 1.82) is 0 Å². The maximum absolute atomic E-state index is 12.2. The van der Waals surface area contributed by atoms with Crippen molar-refractivity contribution in [2.45, 2.75) is 49.3 Å². The standard InChI is InChI=1S/C29H30N2O3S/c1-3-4-14-27-30-26(20-32)28(35-23-10-6-5-7-11-23)31(27)19-21-15-17-22(18-16-21)24-12-8-9-13-25(24)29(33)34-2/h5-13,15-18,32H,3-4,14,19-20H2,1-2H3. The van der Waals surface area contributed by atoms with Gasteiger partial charge in [-0.25, -0.2) is 9.78 Å². The van der Waals surface area contributed by atoms with Crippen molar-refractivity contribution in [2.24, 2.45) is 0 Å². The molecule has 0 bridgehead atoms. The lowest BCUT2D eigenvalue weighted by atomic mass is 9.98. The summed E-state index contributed by atoms with van der Waals surface area (Å²) in [4.78, 5) is 18.1. The van der Waals surface area contributed by atoms with E-state index in [0.717, 1.165) is 51.7 Å². The molecule has 1 N–H and O–H groups in total. The van der Waals surface area contributed by atoms with Crippen LogP contribution in [0.3, 0.4) is 0 Å². The monoisotopic (exact) mass is 486 g/mol. The molecular weight excluding hydrogens is 456 g/mol. The lowest BCUT2D eigenvalue weighted by Crippen LogP contribution is -2.07. The number of methoxy groups -OCH3 is 1. The van der Waals surface area contributed by atoms with Gasteiger partial charge >= 0.3 is 5.97 Å². The lowest BCUT2D eigenvalue weighted by molar-refractivity contribution is 0.0601. The third kappa shape index (κ3) is 5.84. The fraction of sp³-hybridized carbons (Fsp3) is 0.241. The quantitative estimate of drug-likeness (QED) is 0.264. The fourth-order valence-electron chi connectivity index (χ4n) is 4.04. The number of aliphatic hydroxyl groups excluding tert-OH is 1. The van der Waals surface area contributed by atoms with Gasteiger partial charge in [0.05, 0.1) is 25.0 Å². The van der Waals surface area contributed by atoms with Gasteiger partial charge in [-0.15, -0.1) is 0 Å². The van der Waals surface area contributed by atoms with Crippen LogP contribution in [0.4, 0.5) is 0 Å². The van der Waals surface area contributed by atoms with Gasteiger partial charge < -0.3 is 14.4 Å². The number of carbonyl (C=O) groups is 1. The molecule has 0 saturated carbocycles. The van der Waals surface area contributed by atoms with Gasteiger partial charge in [0.25, 0.3) is 0 Å².